The summed E-state index contributed by atoms with van der Waals surface area (Å²) in [6.07, 6.45) is 4.30. The standard InChI is InChI=1S/C35H34BrN3O4/c36-17-29(41)37-23-10-7-21(8-11-23)19-39-26-4-2-1-3-24(26)25-16-35(42)28-15-22-9-12-27(40)32-30(22)34(35,33(43-32)31(25)39)13-14-38(28)18-20-5-6-20/h1-4,7-12,20,28,33,40,42H,5-6,13-19H2,(H,37,41)/t28-,33+,34+,35-/m1/s1. The fourth-order valence-electron chi connectivity index (χ4n) is 9.04. The van der Waals surface area contributed by atoms with Crippen LogP contribution in [-0.4, -0.2) is 55.6 Å². The third-order valence-electron chi connectivity index (χ3n) is 11.0. The Morgan fingerprint density at radius 1 is 1.09 bits per heavy atom. The van der Waals surface area contributed by atoms with Crippen molar-refractivity contribution in [2.45, 2.75) is 61.8 Å². The van der Waals surface area contributed by atoms with E-state index in [4.69, 9.17) is 4.74 Å². The van der Waals surface area contributed by atoms with E-state index in [1.54, 1.807) is 6.07 Å². The average Bonchev–Trinajstić information content (AvgIpc) is 3.69. The molecule has 220 valence electrons. The number of fused-ring (bicyclic) bond motifs is 4. The number of para-hydroxylation sites is 1. The van der Waals surface area contributed by atoms with Crippen LogP contribution in [0, 0.1) is 5.92 Å². The first-order chi connectivity index (χ1) is 20.9. The molecule has 1 aromatic heterocycles. The van der Waals surface area contributed by atoms with Gasteiger partial charge >= 0.3 is 0 Å². The monoisotopic (exact) mass is 639 g/mol. The third-order valence-corrected chi connectivity index (χ3v) is 11.5. The molecule has 9 rings (SSSR count). The smallest absolute Gasteiger partial charge is 0.235 e. The van der Waals surface area contributed by atoms with Gasteiger partial charge in [0, 0.05) is 47.7 Å². The maximum atomic E-state index is 13.2. The number of aromatic hydroxyl groups is 1. The molecule has 2 bridgehead atoms. The number of alkyl halides is 1. The maximum Gasteiger partial charge on any atom is 0.235 e. The predicted octanol–water partition coefficient (Wildman–Crippen LogP) is 5.43. The van der Waals surface area contributed by atoms with Crippen molar-refractivity contribution < 1.29 is 19.7 Å². The van der Waals surface area contributed by atoms with Crippen molar-refractivity contribution in [3.8, 4) is 11.5 Å². The largest absolute Gasteiger partial charge is 0.504 e. The number of phenolic OH excluding ortho intramolecular Hbond substituents is 1. The first-order valence-electron chi connectivity index (χ1n) is 15.4. The van der Waals surface area contributed by atoms with Crippen molar-refractivity contribution in [1.82, 2.24) is 9.47 Å². The van der Waals surface area contributed by atoms with E-state index < -0.39 is 17.1 Å². The molecule has 4 atom stereocenters. The zero-order chi connectivity index (χ0) is 29.1. The Hall–Kier alpha value is -3.33. The molecule has 2 aliphatic heterocycles. The minimum absolute atomic E-state index is 0.00785. The second-order valence-electron chi connectivity index (χ2n) is 13.3. The lowest BCUT2D eigenvalue weighted by Gasteiger charge is -2.63. The van der Waals surface area contributed by atoms with Crippen molar-refractivity contribution >= 4 is 38.4 Å². The fourth-order valence-corrected chi connectivity index (χ4v) is 9.18. The summed E-state index contributed by atoms with van der Waals surface area (Å²) in [6.45, 7) is 2.61. The number of likely N-dealkylation sites (tertiary alicyclic amines) is 1. The number of anilines is 1. The molecule has 2 fully saturated rings. The van der Waals surface area contributed by atoms with Crippen LogP contribution in [0.3, 0.4) is 0 Å². The van der Waals surface area contributed by atoms with Crippen molar-refractivity contribution in [3.63, 3.8) is 0 Å². The molecule has 5 aliphatic rings. The number of aromatic nitrogens is 1. The van der Waals surface area contributed by atoms with Gasteiger partial charge < -0.3 is 24.8 Å². The number of ether oxygens (including phenoxy) is 1. The zero-order valence-corrected chi connectivity index (χ0v) is 25.4. The van der Waals surface area contributed by atoms with Gasteiger partial charge in [-0.3, -0.25) is 9.69 Å². The Bertz CT molecular complexity index is 1810. The van der Waals surface area contributed by atoms with E-state index in [2.05, 4.69) is 73.2 Å². The van der Waals surface area contributed by atoms with Gasteiger partial charge in [0.05, 0.1) is 22.0 Å². The Labute approximate surface area is 258 Å². The first kappa shape index (κ1) is 26.1. The van der Waals surface area contributed by atoms with E-state index in [9.17, 15) is 15.0 Å². The number of halogens is 1. The van der Waals surface area contributed by atoms with Crippen molar-refractivity contribution in [2.24, 2.45) is 5.92 Å². The minimum Gasteiger partial charge on any atom is -0.504 e. The lowest BCUT2D eigenvalue weighted by Crippen LogP contribution is -2.74. The summed E-state index contributed by atoms with van der Waals surface area (Å²) in [5.74, 6) is 1.38. The highest BCUT2D eigenvalue weighted by molar-refractivity contribution is 9.09. The predicted molar refractivity (Wildman–Crippen MR) is 168 cm³/mol. The molecule has 3 aliphatic carbocycles. The van der Waals surface area contributed by atoms with Crippen molar-refractivity contribution in [3.05, 3.63) is 88.6 Å². The molecule has 3 N–H and O–H groups in total. The summed E-state index contributed by atoms with van der Waals surface area (Å²) in [4.78, 5) is 14.5. The number of amides is 1. The number of phenols is 1. The van der Waals surface area contributed by atoms with Crippen LogP contribution in [0.5, 0.6) is 11.5 Å². The van der Waals surface area contributed by atoms with E-state index in [1.807, 2.05) is 12.1 Å². The van der Waals surface area contributed by atoms with Gasteiger partial charge in [-0.25, -0.2) is 0 Å². The average molecular weight is 641 g/mol. The molecule has 1 spiro atoms. The summed E-state index contributed by atoms with van der Waals surface area (Å²) < 4.78 is 9.29. The molecule has 0 radical (unpaired) electrons. The highest BCUT2D eigenvalue weighted by Gasteiger charge is 2.73. The van der Waals surface area contributed by atoms with E-state index in [1.165, 1.54) is 18.4 Å². The van der Waals surface area contributed by atoms with Crippen LogP contribution in [0.4, 0.5) is 5.69 Å². The number of carbonyl (C=O) groups is 1. The Balaban J connectivity index is 1.22. The molecular formula is C35H34BrN3O4. The summed E-state index contributed by atoms with van der Waals surface area (Å²) >= 11 is 3.21. The lowest BCUT2D eigenvalue weighted by molar-refractivity contribution is -0.173. The molecular weight excluding hydrogens is 606 g/mol. The zero-order valence-electron chi connectivity index (χ0n) is 23.9. The van der Waals surface area contributed by atoms with Gasteiger partial charge in [0.25, 0.3) is 0 Å². The first-order valence-corrected chi connectivity index (χ1v) is 16.6. The molecule has 7 nitrogen and oxygen atoms in total. The highest BCUT2D eigenvalue weighted by Crippen LogP contribution is 2.69. The quantitative estimate of drug-likeness (QED) is 0.245. The van der Waals surface area contributed by atoms with Gasteiger partial charge in [-0.1, -0.05) is 52.3 Å². The second-order valence-corrected chi connectivity index (χ2v) is 13.8. The summed E-state index contributed by atoms with van der Waals surface area (Å²) in [7, 11) is 0. The van der Waals surface area contributed by atoms with Crippen molar-refractivity contribution in [1.29, 1.82) is 0 Å². The van der Waals surface area contributed by atoms with E-state index in [0.29, 0.717) is 18.7 Å². The van der Waals surface area contributed by atoms with Gasteiger partial charge in [0.1, 0.15) is 0 Å². The molecule has 0 unspecified atom stereocenters. The SMILES string of the molecule is O=C(CBr)Nc1ccc(Cn2c3c(c4ccccc42)C[C@@]2(O)[C@H]4Cc5ccc(O)c6c5[C@@]2(CCN4CC2CC2)[C@H]3O6)cc1. The summed E-state index contributed by atoms with van der Waals surface area (Å²) in [5, 5.41) is 28.6. The molecule has 3 heterocycles. The van der Waals surface area contributed by atoms with Crippen LogP contribution >= 0.6 is 15.9 Å². The van der Waals surface area contributed by atoms with E-state index >= 15 is 0 Å². The summed E-state index contributed by atoms with van der Waals surface area (Å²) in [6, 6.07) is 20.4. The number of rotatable bonds is 6. The van der Waals surface area contributed by atoms with E-state index in [0.717, 1.165) is 70.8 Å². The number of piperidine rings is 1. The lowest BCUT2D eigenvalue weighted by atomic mass is 9.49. The highest BCUT2D eigenvalue weighted by atomic mass is 79.9. The third kappa shape index (κ3) is 3.51. The number of hydrogen-bond acceptors (Lipinski definition) is 5. The molecule has 1 saturated carbocycles. The maximum absolute atomic E-state index is 13.2. The normalized spacial score (nSPS) is 28.3. The Morgan fingerprint density at radius 3 is 2.70 bits per heavy atom. The molecule has 43 heavy (non-hydrogen) atoms. The number of carbonyl (C=O) groups excluding carboxylic acids is 1. The molecule has 1 amide bonds. The Kier molecular flexibility index (Phi) is 5.52. The Morgan fingerprint density at radius 2 is 1.91 bits per heavy atom. The summed E-state index contributed by atoms with van der Waals surface area (Å²) in [5.41, 5.74) is 5.88. The number of aliphatic hydroxyl groups is 1. The van der Waals surface area contributed by atoms with Gasteiger partial charge in [0.2, 0.25) is 5.91 Å². The van der Waals surface area contributed by atoms with Crippen molar-refractivity contribution in [2.75, 3.05) is 23.7 Å². The second kappa shape index (κ2) is 9.10. The molecule has 4 aromatic rings. The molecule has 8 heteroatoms. The number of nitrogens with one attached hydrogen (secondary N) is 1. The van der Waals surface area contributed by atoms with Crippen LogP contribution < -0.4 is 10.1 Å². The van der Waals surface area contributed by atoms with Crippen LogP contribution in [-0.2, 0) is 29.6 Å². The van der Waals surface area contributed by atoms with Crippen LogP contribution in [0.1, 0.15) is 53.3 Å². The number of hydrogen-bond donors (Lipinski definition) is 3. The van der Waals surface area contributed by atoms with Crippen LogP contribution in [0.25, 0.3) is 10.9 Å². The van der Waals surface area contributed by atoms with E-state index in [-0.39, 0.29) is 23.0 Å². The van der Waals surface area contributed by atoms with Gasteiger partial charge in [-0.05, 0) is 79.1 Å². The number of nitrogens with zero attached hydrogens (tertiary/aromatic N) is 2. The van der Waals surface area contributed by atoms with Crippen LogP contribution in [0.15, 0.2) is 60.7 Å². The topological polar surface area (TPSA) is 87.0 Å². The molecule has 1 saturated heterocycles. The molecule has 3 aromatic carbocycles. The van der Waals surface area contributed by atoms with Gasteiger partial charge in [-0.15, -0.1) is 0 Å². The fraction of sp³-hybridized carbons (Fsp3) is 0.400. The number of benzene rings is 3. The van der Waals surface area contributed by atoms with Crippen LogP contribution in [0.2, 0.25) is 0 Å². The minimum atomic E-state index is -1.01. The van der Waals surface area contributed by atoms with Gasteiger partial charge in [0.15, 0.2) is 17.6 Å². The van der Waals surface area contributed by atoms with Gasteiger partial charge in [-0.2, -0.15) is 0 Å².